The van der Waals surface area contributed by atoms with Crippen LogP contribution in [0.3, 0.4) is 0 Å². The third-order valence-corrected chi connectivity index (χ3v) is 7.36. The molecule has 178 valence electrons. The Morgan fingerprint density at radius 2 is 1.74 bits per heavy atom. The molecule has 1 aromatic heterocycles. The second kappa shape index (κ2) is 9.26. The molecule has 2 aliphatic heterocycles. The highest BCUT2D eigenvalue weighted by Gasteiger charge is 2.46. The molecule has 1 saturated heterocycles. The van der Waals surface area contributed by atoms with Gasteiger partial charge >= 0.3 is 0 Å². The number of carbonyl (C=O) groups is 2. The molecule has 0 radical (unpaired) electrons. The van der Waals surface area contributed by atoms with E-state index in [0.29, 0.717) is 30.6 Å². The maximum Gasteiger partial charge on any atom is 0.254 e. The third-order valence-electron chi connectivity index (χ3n) is 7.36. The molecule has 3 heterocycles. The molecule has 0 spiro atoms. The monoisotopic (exact) mass is 459 g/mol. The molecule has 1 fully saturated rings. The van der Waals surface area contributed by atoms with Crippen molar-refractivity contribution in [2.45, 2.75) is 32.2 Å². The van der Waals surface area contributed by atoms with E-state index in [1.807, 2.05) is 58.5 Å². The number of H-pyrrole nitrogens is 1. The predicted molar refractivity (Wildman–Crippen MR) is 133 cm³/mol. The van der Waals surface area contributed by atoms with Gasteiger partial charge in [-0.2, -0.15) is 0 Å². The first-order chi connectivity index (χ1) is 16.5. The molecule has 0 saturated carbocycles. The molecule has 4 atom stereocenters. The number of piperidine rings is 1. The summed E-state index contributed by atoms with van der Waals surface area (Å²) < 4.78 is 5.38. The molecule has 5 rings (SSSR count). The fourth-order valence-corrected chi connectivity index (χ4v) is 6.02. The second-order valence-corrected chi connectivity index (χ2v) is 9.98. The van der Waals surface area contributed by atoms with E-state index in [2.05, 4.69) is 24.9 Å². The number of fused-ring (bicyclic) bond motifs is 2. The molecule has 34 heavy (non-hydrogen) atoms. The summed E-state index contributed by atoms with van der Waals surface area (Å²) in [6.45, 7) is 6.78. The van der Waals surface area contributed by atoms with Crippen LogP contribution in [-0.4, -0.2) is 59.9 Å². The average molecular weight is 460 g/mol. The van der Waals surface area contributed by atoms with Crippen molar-refractivity contribution in [2.24, 2.45) is 11.8 Å². The van der Waals surface area contributed by atoms with Crippen molar-refractivity contribution in [1.82, 2.24) is 14.8 Å². The van der Waals surface area contributed by atoms with Gasteiger partial charge in [-0.3, -0.25) is 9.59 Å². The highest BCUT2D eigenvalue weighted by molar-refractivity contribution is 6.02. The number of hydrogen-bond acceptors (Lipinski definition) is 3. The van der Waals surface area contributed by atoms with E-state index in [9.17, 15) is 9.59 Å². The van der Waals surface area contributed by atoms with Crippen molar-refractivity contribution >= 4 is 22.7 Å². The second-order valence-electron chi connectivity index (χ2n) is 9.98. The lowest BCUT2D eigenvalue weighted by atomic mass is 9.78. The number of ether oxygens (including phenoxy) is 1. The highest BCUT2D eigenvalue weighted by Crippen LogP contribution is 2.46. The summed E-state index contributed by atoms with van der Waals surface area (Å²) in [6.07, 6.45) is 3.10. The van der Waals surface area contributed by atoms with Crippen LogP contribution < -0.4 is 0 Å². The number of hydrogen-bond donors (Lipinski definition) is 1. The fraction of sp³-hybridized carbons (Fsp3) is 0.429. The smallest absolute Gasteiger partial charge is 0.254 e. The Morgan fingerprint density at radius 3 is 2.50 bits per heavy atom. The first-order valence-electron chi connectivity index (χ1n) is 12.2. The summed E-state index contributed by atoms with van der Waals surface area (Å²) in [5.41, 5.74) is 3.42. The number of aromatic amines is 1. The van der Waals surface area contributed by atoms with Crippen LogP contribution in [0.4, 0.5) is 0 Å². The van der Waals surface area contributed by atoms with E-state index in [4.69, 9.17) is 4.74 Å². The van der Waals surface area contributed by atoms with E-state index in [0.717, 1.165) is 41.5 Å². The standard InChI is InChI=1S/C28H33N3O3/c1-18-14-19(2)17-30(16-18)28(33)25-21-9-4-5-10-22(21)27(32)31(12-13-34-3)26(25)23-15-29-24-11-7-6-8-20(23)24/h4-11,15,18-19,25-26,29H,12-14,16-17H2,1-3H3/t18-,19-,25+,26+/m1/s1. The summed E-state index contributed by atoms with van der Waals surface area (Å²) in [4.78, 5) is 35.3. The SMILES string of the molecule is COCCN1C(=O)c2ccccc2[C@H](C(=O)N2C[C@H](C)C[C@@H](C)C2)[C@@H]1c1c[nH]c2ccccc12. The van der Waals surface area contributed by atoms with E-state index in [1.54, 1.807) is 7.11 Å². The van der Waals surface area contributed by atoms with Crippen molar-refractivity contribution in [1.29, 1.82) is 0 Å². The zero-order chi connectivity index (χ0) is 23.8. The molecule has 6 heteroatoms. The van der Waals surface area contributed by atoms with Gasteiger partial charge in [0.15, 0.2) is 0 Å². The Labute approximate surface area is 200 Å². The Morgan fingerprint density at radius 1 is 1.03 bits per heavy atom. The molecule has 0 bridgehead atoms. The van der Waals surface area contributed by atoms with Crippen molar-refractivity contribution in [3.63, 3.8) is 0 Å². The van der Waals surface area contributed by atoms with Gasteiger partial charge < -0.3 is 19.5 Å². The van der Waals surface area contributed by atoms with E-state index in [-0.39, 0.29) is 11.8 Å². The van der Waals surface area contributed by atoms with Gasteiger partial charge in [-0.15, -0.1) is 0 Å². The minimum Gasteiger partial charge on any atom is -0.383 e. The minimum absolute atomic E-state index is 0.0487. The molecule has 2 aliphatic rings. The van der Waals surface area contributed by atoms with Gasteiger partial charge in [0.25, 0.3) is 5.91 Å². The summed E-state index contributed by atoms with van der Waals surface area (Å²) >= 11 is 0. The highest BCUT2D eigenvalue weighted by atomic mass is 16.5. The zero-order valence-electron chi connectivity index (χ0n) is 20.2. The minimum atomic E-state index is -0.470. The van der Waals surface area contributed by atoms with E-state index < -0.39 is 12.0 Å². The van der Waals surface area contributed by atoms with Gasteiger partial charge in [0.2, 0.25) is 5.91 Å². The lowest BCUT2D eigenvalue weighted by Crippen LogP contribution is -2.51. The molecule has 2 amide bonds. The third kappa shape index (κ3) is 3.90. The average Bonchev–Trinajstić information content (AvgIpc) is 3.26. The number of benzene rings is 2. The summed E-state index contributed by atoms with van der Waals surface area (Å²) in [6, 6.07) is 15.3. The number of para-hydroxylation sites is 1. The van der Waals surface area contributed by atoms with Crippen molar-refractivity contribution in [3.8, 4) is 0 Å². The molecule has 1 N–H and O–H groups in total. The number of likely N-dealkylation sites (tertiary alicyclic amines) is 1. The Bertz CT molecular complexity index is 1190. The van der Waals surface area contributed by atoms with Crippen molar-refractivity contribution < 1.29 is 14.3 Å². The Hall–Kier alpha value is -3.12. The first kappa shape index (κ1) is 22.7. The van der Waals surface area contributed by atoms with Crippen LogP contribution in [0, 0.1) is 11.8 Å². The van der Waals surface area contributed by atoms with Crippen molar-refractivity contribution in [3.05, 3.63) is 71.4 Å². The first-order valence-corrected chi connectivity index (χ1v) is 12.2. The molecular weight excluding hydrogens is 426 g/mol. The summed E-state index contributed by atoms with van der Waals surface area (Å²) in [5, 5.41) is 1.04. The van der Waals surface area contributed by atoms with Crippen LogP contribution in [0.25, 0.3) is 10.9 Å². The maximum atomic E-state index is 14.3. The van der Waals surface area contributed by atoms with Crippen LogP contribution in [0.15, 0.2) is 54.7 Å². The Balaban J connectivity index is 1.68. The number of amides is 2. The van der Waals surface area contributed by atoms with E-state index >= 15 is 0 Å². The number of nitrogens with one attached hydrogen (secondary N) is 1. The number of rotatable bonds is 5. The van der Waals surface area contributed by atoms with Crippen LogP contribution in [0.5, 0.6) is 0 Å². The molecular formula is C28H33N3O3. The topological polar surface area (TPSA) is 65.6 Å². The number of methoxy groups -OCH3 is 1. The van der Waals surface area contributed by atoms with Gasteiger partial charge in [0.1, 0.15) is 0 Å². The Kier molecular flexibility index (Phi) is 6.17. The number of carbonyl (C=O) groups excluding carboxylic acids is 2. The molecule has 2 aromatic carbocycles. The molecule has 0 unspecified atom stereocenters. The van der Waals surface area contributed by atoms with Gasteiger partial charge in [-0.1, -0.05) is 50.2 Å². The summed E-state index contributed by atoms with van der Waals surface area (Å²) in [7, 11) is 1.64. The number of nitrogens with zero attached hydrogens (tertiary/aromatic N) is 2. The van der Waals surface area contributed by atoms with Gasteiger partial charge in [0, 0.05) is 55.0 Å². The normalized spacial score (nSPS) is 25.0. The lowest BCUT2D eigenvalue weighted by Gasteiger charge is -2.44. The number of aromatic nitrogens is 1. The predicted octanol–water partition coefficient (Wildman–Crippen LogP) is 4.60. The quantitative estimate of drug-likeness (QED) is 0.606. The van der Waals surface area contributed by atoms with Gasteiger partial charge in [-0.05, 0) is 36.0 Å². The van der Waals surface area contributed by atoms with Crippen molar-refractivity contribution in [2.75, 3.05) is 33.4 Å². The fourth-order valence-electron chi connectivity index (χ4n) is 6.02. The maximum absolute atomic E-state index is 14.3. The van der Waals surface area contributed by atoms with Gasteiger partial charge in [-0.25, -0.2) is 0 Å². The summed E-state index contributed by atoms with van der Waals surface area (Å²) in [5.74, 6) is 0.513. The lowest BCUT2D eigenvalue weighted by molar-refractivity contribution is -0.137. The van der Waals surface area contributed by atoms with Gasteiger partial charge in [0.05, 0.1) is 18.6 Å². The van der Waals surface area contributed by atoms with Crippen LogP contribution in [0.1, 0.15) is 53.7 Å². The zero-order valence-corrected chi connectivity index (χ0v) is 20.2. The van der Waals surface area contributed by atoms with E-state index in [1.165, 1.54) is 0 Å². The van der Waals surface area contributed by atoms with Crippen LogP contribution >= 0.6 is 0 Å². The molecule has 0 aliphatic carbocycles. The molecule has 6 nitrogen and oxygen atoms in total. The van der Waals surface area contributed by atoms with Crippen LogP contribution in [-0.2, 0) is 9.53 Å². The molecule has 3 aromatic rings. The van der Waals surface area contributed by atoms with Crippen LogP contribution in [0.2, 0.25) is 0 Å². The largest absolute Gasteiger partial charge is 0.383 e.